The number of aryl methyl sites for hydroxylation is 1. The summed E-state index contributed by atoms with van der Waals surface area (Å²) in [6, 6.07) is 6.35. The monoisotopic (exact) mass is 306 g/mol. The standard InChI is InChI=1S/C15H18N2O3S/c1-9-3-4-11-13(7-9)17(12-5-6-20-10(12)2)15(16-11)21-8-14(18)19/h3-4,7,10,12H,5-6,8H2,1-2H3,(H,18,19). The fourth-order valence-electron chi connectivity index (χ4n) is 2.79. The van der Waals surface area contributed by atoms with Gasteiger partial charge in [0.2, 0.25) is 0 Å². The molecule has 1 aromatic heterocycles. The summed E-state index contributed by atoms with van der Waals surface area (Å²) in [5, 5.41) is 9.68. The number of carboxylic acid groups (broad SMARTS) is 1. The summed E-state index contributed by atoms with van der Waals surface area (Å²) in [5.41, 5.74) is 3.14. The van der Waals surface area contributed by atoms with E-state index in [4.69, 9.17) is 9.84 Å². The van der Waals surface area contributed by atoms with Crippen molar-refractivity contribution in [2.24, 2.45) is 0 Å². The minimum absolute atomic E-state index is 0.0181. The van der Waals surface area contributed by atoms with Crippen LogP contribution in [0.25, 0.3) is 11.0 Å². The first-order valence-electron chi connectivity index (χ1n) is 7.01. The van der Waals surface area contributed by atoms with Crippen molar-refractivity contribution in [1.82, 2.24) is 9.55 Å². The van der Waals surface area contributed by atoms with Gasteiger partial charge >= 0.3 is 5.97 Å². The number of hydrogen-bond acceptors (Lipinski definition) is 4. The Morgan fingerprint density at radius 1 is 1.57 bits per heavy atom. The fraction of sp³-hybridized carbons (Fsp3) is 0.467. The largest absolute Gasteiger partial charge is 0.481 e. The van der Waals surface area contributed by atoms with Gasteiger partial charge in [-0.25, -0.2) is 4.98 Å². The number of carboxylic acids is 1. The number of thioether (sulfide) groups is 1. The van der Waals surface area contributed by atoms with Crippen LogP contribution in [0.5, 0.6) is 0 Å². The Balaban J connectivity index is 2.09. The molecule has 1 aliphatic heterocycles. The predicted octanol–water partition coefficient (Wildman–Crippen LogP) is 2.87. The average Bonchev–Trinajstić information content (AvgIpc) is 2.99. The molecule has 2 atom stereocenters. The maximum Gasteiger partial charge on any atom is 0.313 e. The topological polar surface area (TPSA) is 64.3 Å². The van der Waals surface area contributed by atoms with Gasteiger partial charge in [-0.1, -0.05) is 17.8 Å². The maximum absolute atomic E-state index is 10.9. The lowest BCUT2D eigenvalue weighted by molar-refractivity contribution is -0.133. The molecule has 1 aromatic carbocycles. The van der Waals surface area contributed by atoms with E-state index in [0.717, 1.165) is 29.2 Å². The van der Waals surface area contributed by atoms with Gasteiger partial charge in [-0.3, -0.25) is 4.79 Å². The zero-order chi connectivity index (χ0) is 15.0. The Morgan fingerprint density at radius 2 is 2.38 bits per heavy atom. The van der Waals surface area contributed by atoms with E-state index >= 15 is 0 Å². The van der Waals surface area contributed by atoms with Gasteiger partial charge in [-0.05, 0) is 38.0 Å². The fourth-order valence-corrected chi connectivity index (χ4v) is 3.58. The molecule has 1 saturated heterocycles. The van der Waals surface area contributed by atoms with Crippen LogP contribution in [0.15, 0.2) is 23.4 Å². The molecule has 0 aliphatic carbocycles. The summed E-state index contributed by atoms with van der Waals surface area (Å²) >= 11 is 1.27. The number of benzene rings is 1. The number of imidazole rings is 1. The molecular weight excluding hydrogens is 288 g/mol. The van der Waals surface area contributed by atoms with Crippen molar-refractivity contribution >= 4 is 28.8 Å². The van der Waals surface area contributed by atoms with Crippen LogP contribution >= 0.6 is 11.8 Å². The summed E-state index contributed by atoms with van der Waals surface area (Å²) < 4.78 is 7.84. The second-order valence-electron chi connectivity index (χ2n) is 5.37. The molecule has 6 heteroatoms. The van der Waals surface area contributed by atoms with Crippen molar-refractivity contribution < 1.29 is 14.6 Å². The highest BCUT2D eigenvalue weighted by Crippen LogP contribution is 2.34. The molecule has 21 heavy (non-hydrogen) atoms. The molecule has 112 valence electrons. The van der Waals surface area contributed by atoms with E-state index in [1.54, 1.807) is 0 Å². The first kappa shape index (κ1) is 14.4. The first-order valence-corrected chi connectivity index (χ1v) is 7.99. The molecule has 2 unspecified atom stereocenters. The van der Waals surface area contributed by atoms with Crippen LogP contribution in [0.3, 0.4) is 0 Å². The predicted molar refractivity (Wildman–Crippen MR) is 81.9 cm³/mol. The second-order valence-corrected chi connectivity index (χ2v) is 6.31. The van der Waals surface area contributed by atoms with Crippen LogP contribution in [-0.2, 0) is 9.53 Å². The van der Waals surface area contributed by atoms with Crippen LogP contribution in [0, 0.1) is 6.92 Å². The molecule has 0 bridgehead atoms. The highest BCUT2D eigenvalue weighted by molar-refractivity contribution is 7.99. The van der Waals surface area contributed by atoms with E-state index in [2.05, 4.69) is 29.5 Å². The van der Waals surface area contributed by atoms with Crippen molar-refractivity contribution in [3.8, 4) is 0 Å². The summed E-state index contributed by atoms with van der Waals surface area (Å²) in [5.74, 6) is -0.810. The van der Waals surface area contributed by atoms with E-state index in [-0.39, 0.29) is 17.9 Å². The zero-order valence-corrected chi connectivity index (χ0v) is 12.9. The first-order chi connectivity index (χ1) is 10.1. The van der Waals surface area contributed by atoms with Gasteiger partial charge in [0.05, 0.1) is 28.9 Å². The molecule has 1 fully saturated rings. The number of carbonyl (C=O) groups is 1. The van der Waals surface area contributed by atoms with Crippen LogP contribution in [-0.4, -0.2) is 39.1 Å². The minimum Gasteiger partial charge on any atom is -0.481 e. The second kappa shape index (κ2) is 5.69. The van der Waals surface area contributed by atoms with Crippen LogP contribution in [0.1, 0.15) is 24.9 Å². The molecule has 0 saturated carbocycles. The number of fused-ring (bicyclic) bond motifs is 1. The summed E-state index contributed by atoms with van der Waals surface area (Å²) in [6.45, 7) is 4.85. The molecule has 2 aromatic rings. The van der Waals surface area contributed by atoms with Crippen molar-refractivity contribution in [2.75, 3.05) is 12.4 Å². The van der Waals surface area contributed by atoms with Gasteiger partial charge in [-0.15, -0.1) is 0 Å². The van der Waals surface area contributed by atoms with Gasteiger partial charge in [0.25, 0.3) is 0 Å². The summed E-state index contributed by atoms with van der Waals surface area (Å²) in [4.78, 5) is 15.5. The maximum atomic E-state index is 10.9. The quantitative estimate of drug-likeness (QED) is 0.880. The smallest absolute Gasteiger partial charge is 0.313 e. The van der Waals surface area contributed by atoms with Crippen LogP contribution < -0.4 is 0 Å². The molecule has 0 spiro atoms. The Hall–Kier alpha value is -1.53. The van der Waals surface area contributed by atoms with E-state index in [9.17, 15) is 4.79 Å². The van der Waals surface area contributed by atoms with Crippen LogP contribution in [0.2, 0.25) is 0 Å². The highest BCUT2D eigenvalue weighted by atomic mass is 32.2. The Labute approximate surface area is 127 Å². The third-order valence-electron chi connectivity index (χ3n) is 3.81. The molecule has 0 radical (unpaired) electrons. The average molecular weight is 306 g/mol. The Bertz CT molecular complexity index is 683. The van der Waals surface area contributed by atoms with Crippen molar-refractivity contribution in [3.05, 3.63) is 23.8 Å². The lowest BCUT2D eigenvalue weighted by Gasteiger charge is -2.19. The van der Waals surface area contributed by atoms with Gasteiger partial charge in [-0.2, -0.15) is 0 Å². The van der Waals surface area contributed by atoms with E-state index in [1.807, 2.05) is 12.1 Å². The normalized spacial score (nSPS) is 22.0. The summed E-state index contributed by atoms with van der Waals surface area (Å²) in [6.07, 6.45) is 1.05. The number of aromatic nitrogens is 2. The number of aliphatic carboxylic acids is 1. The number of ether oxygens (including phenoxy) is 1. The van der Waals surface area contributed by atoms with Crippen molar-refractivity contribution in [3.63, 3.8) is 0 Å². The zero-order valence-electron chi connectivity index (χ0n) is 12.1. The number of hydrogen-bond donors (Lipinski definition) is 1. The molecule has 3 rings (SSSR count). The number of rotatable bonds is 4. The molecule has 0 amide bonds. The van der Waals surface area contributed by atoms with Crippen LogP contribution in [0.4, 0.5) is 0 Å². The Kier molecular flexibility index (Phi) is 3.91. The number of nitrogens with zero attached hydrogens (tertiary/aromatic N) is 2. The molecule has 2 heterocycles. The van der Waals surface area contributed by atoms with E-state index in [0.29, 0.717) is 0 Å². The Morgan fingerprint density at radius 3 is 3.05 bits per heavy atom. The lowest BCUT2D eigenvalue weighted by atomic mass is 10.1. The summed E-state index contributed by atoms with van der Waals surface area (Å²) in [7, 11) is 0. The van der Waals surface area contributed by atoms with Gasteiger partial charge in [0, 0.05) is 6.61 Å². The highest BCUT2D eigenvalue weighted by Gasteiger charge is 2.29. The molecule has 5 nitrogen and oxygen atoms in total. The van der Waals surface area contributed by atoms with Gasteiger partial charge in [0.15, 0.2) is 5.16 Å². The third-order valence-corrected chi connectivity index (χ3v) is 4.74. The van der Waals surface area contributed by atoms with Crippen molar-refractivity contribution in [2.45, 2.75) is 37.6 Å². The van der Waals surface area contributed by atoms with Gasteiger partial charge in [0.1, 0.15) is 0 Å². The van der Waals surface area contributed by atoms with E-state index < -0.39 is 5.97 Å². The van der Waals surface area contributed by atoms with E-state index in [1.165, 1.54) is 17.3 Å². The minimum atomic E-state index is -0.828. The molecular formula is C15H18N2O3S. The molecule has 1 aliphatic rings. The van der Waals surface area contributed by atoms with Crippen molar-refractivity contribution in [1.29, 1.82) is 0 Å². The third kappa shape index (κ3) is 2.78. The SMILES string of the molecule is Cc1ccc2nc(SCC(=O)O)n(C3CCOC3C)c2c1. The van der Waals surface area contributed by atoms with Gasteiger partial charge < -0.3 is 14.4 Å². The molecule has 1 N–H and O–H groups in total. The lowest BCUT2D eigenvalue weighted by Crippen LogP contribution is -2.18.